The summed E-state index contributed by atoms with van der Waals surface area (Å²) in [6, 6.07) is 7.07. The van der Waals surface area contributed by atoms with Gasteiger partial charge in [0.2, 0.25) is 0 Å². The van der Waals surface area contributed by atoms with Gasteiger partial charge in [-0.25, -0.2) is 4.98 Å². The molecule has 0 fully saturated rings. The van der Waals surface area contributed by atoms with E-state index >= 15 is 0 Å². The number of hydrogen-bond donors (Lipinski definition) is 2. The Labute approximate surface area is 119 Å². The predicted molar refractivity (Wildman–Crippen MR) is 76.8 cm³/mol. The van der Waals surface area contributed by atoms with Gasteiger partial charge in [-0.1, -0.05) is 5.16 Å². The van der Waals surface area contributed by atoms with Crippen molar-refractivity contribution in [1.29, 1.82) is 0 Å². The van der Waals surface area contributed by atoms with Crippen LogP contribution in [0, 0.1) is 0 Å². The van der Waals surface area contributed by atoms with Crippen molar-refractivity contribution >= 4 is 23.2 Å². The Morgan fingerprint density at radius 3 is 2.81 bits per heavy atom. The van der Waals surface area contributed by atoms with E-state index in [-0.39, 0.29) is 5.84 Å². The summed E-state index contributed by atoms with van der Waals surface area (Å²) in [6.45, 7) is 0. The number of oxime groups is 1. The van der Waals surface area contributed by atoms with Gasteiger partial charge in [-0.3, -0.25) is 14.3 Å². The van der Waals surface area contributed by atoms with Crippen molar-refractivity contribution in [3.63, 3.8) is 0 Å². The summed E-state index contributed by atoms with van der Waals surface area (Å²) in [5.74, 6) is -0.0485. The minimum Gasteiger partial charge on any atom is -0.409 e. The Morgan fingerprint density at radius 1 is 1.29 bits per heavy atom. The number of aromatic nitrogens is 3. The van der Waals surface area contributed by atoms with Gasteiger partial charge in [0.25, 0.3) is 0 Å². The molecule has 0 saturated heterocycles. The molecule has 7 nitrogen and oxygen atoms in total. The van der Waals surface area contributed by atoms with E-state index < -0.39 is 0 Å². The van der Waals surface area contributed by atoms with Crippen LogP contribution in [-0.2, 0) is 0 Å². The average molecular weight is 281 g/mol. The fourth-order valence-corrected chi connectivity index (χ4v) is 2.05. The number of hydrogen-bond acceptors (Lipinski definition) is 5. The lowest BCUT2D eigenvalue weighted by Crippen LogP contribution is -2.14. The zero-order chi connectivity index (χ0) is 14.8. The highest BCUT2D eigenvalue weighted by atomic mass is 16.4. The first kappa shape index (κ1) is 12.8. The maximum atomic E-state index is 10.8. The van der Waals surface area contributed by atoms with Gasteiger partial charge in [-0.15, -0.1) is 0 Å². The molecule has 3 heterocycles. The number of fused-ring (bicyclic) bond motifs is 1. The van der Waals surface area contributed by atoms with Crippen LogP contribution in [-0.4, -0.2) is 31.9 Å². The van der Waals surface area contributed by atoms with E-state index in [4.69, 9.17) is 10.9 Å². The molecule has 0 saturated carbocycles. The van der Waals surface area contributed by atoms with Gasteiger partial charge >= 0.3 is 0 Å². The van der Waals surface area contributed by atoms with Crippen LogP contribution < -0.4 is 5.73 Å². The average Bonchev–Trinajstić information content (AvgIpc) is 2.97. The molecule has 0 amide bonds. The molecule has 0 aliphatic carbocycles. The molecule has 0 spiro atoms. The van der Waals surface area contributed by atoms with Crippen LogP contribution in [0.15, 0.2) is 48.0 Å². The number of aldehydes is 1. The highest BCUT2D eigenvalue weighted by molar-refractivity contribution is 5.95. The van der Waals surface area contributed by atoms with Gasteiger partial charge in [0, 0.05) is 23.3 Å². The lowest BCUT2D eigenvalue weighted by Gasteiger charge is -2.05. The maximum Gasteiger partial charge on any atom is 0.188 e. The molecular formula is C14H11N5O2. The molecule has 0 atom stereocenters. The second kappa shape index (κ2) is 5.04. The number of carbonyl (C=O) groups excluding carboxylic acids is 1. The molecule has 3 aromatic rings. The van der Waals surface area contributed by atoms with E-state index in [1.165, 1.54) is 6.20 Å². The van der Waals surface area contributed by atoms with Gasteiger partial charge in [-0.05, 0) is 24.3 Å². The van der Waals surface area contributed by atoms with Crippen molar-refractivity contribution in [2.24, 2.45) is 10.9 Å². The zero-order valence-electron chi connectivity index (χ0n) is 10.8. The second-order valence-electron chi connectivity index (χ2n) is 4.37. The largest absolute Gasteiger partial charge is 0.409 e. The third kappa shape index (κ3) is 2.20. The summed E-state index contributed by atoms with van der Waals surface area (Å²) in [5.41, 5.74) is 7.89. The Morgan fingerprint density at radius 2 is 2.14 bits per heavy atom. The van der Waals surface area contributed by atoms with Gasteiger partial charge in [0.05, 0.1) is 11.9 Å². The Bertz CT molecular complexity index is 836. The quantitative estimate of drug-likeness (QED) is 0.247. The lowest BCUT2D eigenvalue weighted by molar-refractivity contribution is 0.112. The van der Waals surface area contributed by atoms with Crippen molar-refractivity contribution in [2.75, 3.05) is 0 Å². The van der Waals surface area contributed by atoms with Crippen LogP contribution in [0.2, 0.25) is 0 Å². The van der Waals surface area contributed by atoms with Crippen molar-refractivity contribution in [2.45, 2.75) is 0 Å². The number of amidine groups is 1. The molecule has 21 heavy (non-hydrogen) atoms. The Hall–Kier alpha value is -3.22. The van der Waals surface area contributed by atoms with Crippen molar-refractivity contribution in [3.05, 3.63) is 54.1 Å². The highest BCUT2D eigenvalue weighted by Gasteiger charge is 2.07. The van der Waals surface area contributed by atoms with Crippen molar-refractivity contribution < 1.29 is 10.0 Å². The first-order valence-electron chi connectivity index (χ1n) is 6.09. The SMILES string of the molecule is N/C(=N\O)c1ccc(-n2ccc3cc(C=O)cnc32)cn1. The third-order valence-corrected chi connectivity index (χ3v) is 3.08. The smallest absolute Gasteiger partial charge is 0.188 e. The monoisotopic (exact) mass is 281 g/mol. The summed E-state index contributed by atoms with van der Waals surface area (Å²) in [6.07, 6.45) is 5.72. The molecule has 0 aliphatic heterocycles. The molecule has 3 N–H and O–H groups in total. The van der Waals surface area contributed by atoms with Crippen LogP contribution in [0.1, 0.15) is 16.1 Å². The summed E-state index contributed by atoms with van der Waals surface area (Å²) in [5, 5.41) is 12.4. The maximum absolute atomic E-state index is 10.8. The van der Waals surface area contributed by atoms with Crippen LogP contribution in [0.3, 0.4) is 0 Å². The van der Waals surface area contributed by atoms with E-state index in [9.17, 15) is 4.79 Å². The third-order valence-electron chi connectivity index (χ3n) is 3.08. The molecule has 7 heteroatoms. The number of pyridine rings is 2. The zero-order valence-corrected chi connectivity index (χ0v) is 10.8. The van der Waals surface area contributed by atoms with Gasteiger partial charge in [0.1, 0.15) is 11.3 Å². The summed E-state index contributed by atoms with van der Waals surface area (Å²) in [4.78, 5) is 19.2. The summed E-state index contributed by atoms with van der Waals surface area (Å²) >= 11 is 0. The molecule has 0 aromatic carbocycles. The predicted octanol–water partition coefficient (Wildman–Crippen LogP) is 1.33. The van der Waals surface area contributed by atoms with E-state index in [0.29, 0.717) is 11.3 Å². The molecule has 104 valence electrons. The number of nitrogens with two attached hydrogens (primary N) is 1. The van der Waals surface area contributed by atoms with Crippen molar-refractivity contribution in [1.82, 2.24) is 14.5 Å². The fraction of sp³-hybridized carbons (Fsp3) is 0. The summed E-state index contributed by atoms with van der Waals surface area (Å²) in [7, 11) is 0. The van der Waals surface area contributed by atoms with E-state index in [1.54, 1.807) is 24.4 Å². The normalized spacial score (nSPS) is 11.7. The summed E-state index contributed by atoms with van der Waals surface area (Å²) < 4.78 is 1.84. The van der Waals surface area contributed by atoms with E-state index in [2.05, 4.69) is 15.1 Å². The topological polar surface area (TPSA) is 106 Å². The van der Waals surface area contributed by atoms with Gasteiger partial charge in [0.15, 0.2) is 12.1 Å². The van der Waals surface area contributed by atoms with Crippen molar-refractivity contribution in [3.8, 4) is 5.69 Å². The highest BCUT2D eigenvalue weighted by Crippen LogP contribution is 2.18. The van der Waals surface area contributed by atoms with Crippen LogP contribution >= 0.6 is 0 Å². The lowest BCUT2D eigenvalue weighted by atomic mass is 10.2. The number of carbonyl (C=O) groups is 1. The molecule has 3 aromatic heterocycles. The minimum absolute atomic E-state index is 0.0485. The molecule has 0 radical (unpaired) electrons. The first-order chi connectivity index (χ1) is 10.2. The number of rotatable bonds is 3. The number of nitrogens with zero attached hydrogens (tertiary/aromatic N) is 4. The van der Waals surface area contributed by atoms with E-state index in [0.717, 1.165) is 23.0 Å². The Kier molecular flexibility index (Phi) is 3.07. The van der Waals surface area contributed by atoms with Crippen LogP contribution in [0.4, 0.5) is 0 Å². The Balaban J connectivity index is 2.06. The standard InChI is InChI=1S/C14H11N5O2/c15-13(18-21)12-2-1-11(7-16-12)19-4-3-10-5-9(8-20)6-17-14(10)19/h1-8,21H,(H2,15,18). The molecule has 0 aliphatic rings. The fourth-order valence-electron chi connectivity index (χ4n) is 2.05. The minimum atomic E-state index is -0.0485. The molecule has 3 rings (SSSR count). The van der Waals surface area contributed by atoms with Crippen LogP contribution in [0.5, 0.6) is 0 Å². The van der Waals surface area contributed by atoms with E-state index in [1.807, 2.05) is 16.8 Å². The van der Waals surface area contributed by atoms with Gasteiger partial charge in [-0.2, -0.15) is 0 Å². The molecule has 0 bridgehead atoms. The first-order valence-corrected chi connectivity index (χ1v) is 6.09. The molecule has 0 unspecified atom stereocenters. The van der Waals surface area contributed by atoms with Gasteiger partial charge < -0.3 is 10.9 Å². The van der Waals surface area contributed by atoms with Crippen LogP contribution in [0.25, 0.3) is 16.7 Å². The molecular weight excluding hydrogens is 270 g/mol. The second-order valence-corrected chi connectivity index (χ2v) is 4.37.